The minimum Gasteiger partial charge on any atom is -0.432 e. The third kappa shape index (κ3) is 3.39. The van der Waals surface area contributed by atoms with Crippen molar-refractivity contribution in [1.29, 1.82) is 5.26 Å². The van der Waals surface area contributed by atoms with Crippen LogP contribution >= 0.6 is 0 Å². The monoisotopic (exact) mass is 424 g/mol. The molecule has 0 unspecified atom stereocenters. The van der Waals surface area contributed by atoms with E-state index in [1.807, 2.05) is 12.1 Å². The minimum absolute atomic E-state index is 0.371. The second kappa shape index (κ2) is 8.06. The fraction of sp³-hybridized carbons (Fsp3) is 0.280. The number of nitrogens with zero attached hydrogens (tertiary/aromatic N) is 6. The predicted molar refractivity (Wildman–Crippen MR) is 124 cm³/mol. The molecule has 0 saturated carbocycles. The number of aryl methyl sites for hydroxylation is 1. The number of nitriles is 1. The Bertz CT molecular complexity index is 1320. The van der Waals surface area contributed by atoms with Crippen molar-refractivity contribution in [1.82, 2.24) is 19.9 Å². The molecule has 1 aliphatic heterocycles. The van der Waals surface area contributed by atoms with Gasteiger partial charge in [0.1, 0.15) is 17.3 Å². The normalized spacial score (nSPS) is 16.1. The van der Waals surface area contributed by atoms with E-state index in [4.69, 9.17) is 9.40 Å². The van der Waals surface area contributed by atoms with Gasteiger partial charge in [-0.05, 0) is 44.6 Å². The van der Waals surface area contributed by atoms with Crippen molar-refractivity contribution in [3.05, 3.63) is 60.0 Å². The molecular formula is C25H24N6O. The Morgan fingerprint density at radius 2 is 2.03 bits per heavy atom. The van der Waals surface area contributed by atoms with E-state index in [1.54, 1.807) is 18.6 Å². The first-order valence-electron chi connectivity index (χ1n) is 10.7. The van der Waals surface area contributed by atoms with Crippen LogP contribution in [0.5, 0.6) is 0 Å². The number of hydrogen-bond donors (Lipinski definition) is 0. The zero-order chi connectivity index (χ0) is 22.2. The van der Waals surface area contributed by atoms with Gasteiger partial charge in [-0.1, -0.05) is 24.3 Å². The summed E-state index contributed by atoms with van der Waals surface area (Å²) in [5.41, 5.74) is 6.23. The Kier molecular flexibility index (Phi) is 5.08. The van der Waals surface area contributed by atoms with Crippen molar-refractivity contribution in [3.63, 3.8) is 0 Å². The van der Waals surface area contributed by atoms with Gasteiger partial charge in [0.2, 0.25) is 5.89 Å². The number of fused-ring (bicyclic) bond motifs is 1. The maximum Gasteiger partial charge on any atom is 0.247 e. The first-order chi connectivity index (χ1) is 15.6. The molecule has 3 heterocycles. The SMILES string of the molecule is Cc1ccccc1-c1cc(N2CC[C@H](N(C)C)C2)c2oc(-c3cnccn3)nc2c1C#N. The predicted octanol–water partition coefficient (Wildman–Crippen LogP) is 4.27. The molecule has 1 aliphatic rings. The van der Waals surface area contributed by atoms with Crippen molar-refractivity contribution in [3.8, 4) is 28.8 Å². The fourth-order valence-electron chi connectivity index (χ4n) is 4.40. The van der Waals surface area contributed by atoms with E-state index in [0.717, 1.165) is 41.9 Å². The summed E-state index contributed by atoms with van der Waals surface area (Å²) in [7, 11) is 4.23. The molecule has 2 aromatic carbocycles. The topological polar surface area (TPSA) is 82.1 Å². The van der Waals surface area contributed by atoms with Crippen LogP contribution < -0.4 is 4.90 Å². The van der Waals surface area contributed by atoms with Gasteiger partial charge in [-0.25, -0.2) is 9.97 Å². The Hall–Kier alpha value is -3.76. The lowest BCUT2D eigenvalue weighted by atomic mass is 9.94. The third-order valence-corrected chi connectivity index (χ3v) is 6.21. The van der Waals surface area contributed by atoms with Gasteiger partial charge in [0.25, 0.3) is 0 Å². The molecule has 0 aliphatic carbocycles. The minimum atomic E-state index is 0.371. The third-order valence-electron chi connectivity index (χ3n) is 6.21. The quantitative estimate of drug-likeness (QED) is 0.484. The lowest BCUT2D eigenvalue weighted by Crippen LogP contribution is -2.31. The molecule has 32 heavy (non-hydrogen) atoms. The highest BCUT2D eigenvalue weighted by Crippen LogP contribution is 2.40. The van der Waals surface area contributed by atoms with Crippen molar-refractivity contribution < 1.29 is 4.42 Å². The zero-order valence-electron chi connectivity index (χ0n) is 18.4. The summed E-state index contributed by atoms with van der Waals surface area (Å²) in [6.07, 6.45) is 5.91. The number of oxazole rings is 1. The lowest BCUT2D eigenvalue weighted by Gasteiger charge is -2.23. The molecule has 7 heteroatoms. The number of hydrogen-bond acceptors (Lipinski definition) is 7. The van der Waals surface area contributed by atoms with Crippen LogP contribution in [0.1, 0.15) is 17.5 Å². The van der Waals surface area contributed by atoms with Crippen LogP contribution in [0.3, 0.4) is 0 Å². The summed E-state index contributed by atoms with van der Waals surface area (Å²) in [5, 5.41) is 10.1. The Morgan fingerprint density at radius 1 is 1.19 bits per heavy atom. The summed E-state index contributed by atoms with van der Waals surface area (Å²) in [6, 6.07) is 13.1. The van der Waals surface area contributed by atoms with Crippen molar-refractivity contribution in [2.45, 2.75) is 19.4 Å². The molecule has 0 N–H and O–H groups in total. The molecule has 0 radical (unpaired) electrons. The van der Waals surface area contributed by atoms with E-state index in [-0.39, 0.29) is 0 Å². The van der Waals surface area contributed by atoms with Crippen molar-refractivity contribution in [2.75, 3.05) is 32.1 Å². The molecule has 1 fully saturated rings. The van der Waals surface area contributed by atoms with Crippen LogP contribution in [0.25, 0.3) is 33.8 Å². The molecule has 5 rings (SSSR count). The van der Waals surface area contributed by atoms with Crippen LogP contribution in [-0.2, 0) is 0 Å². The van der Waals surface area contributed by atoms with E-state index in [2.05, 4.69) is 65.1 Å². The van der Waals surface area contributed by atoms with Gasteiger partial charge >= 0.3 is 0 Å². The summed E-state index contributed by atoms with van der Waals surface area (Å²) in [5.74, 6) is 0.371. The van der Waals surface area contributed by atoms with Crippen LogP contribution in [0, 0.1) is 18.3 Å². The van der Waals surface area contributed by atoms with Crippen LogP contribution in [0.15, 0.2) is 53.3 Å². The highest BCUT2D eigenvalue weighted by Gasteiger charge is 2.29. The smallest absolute Gasteiger partial charge is 0.247 e. The van der Waals surface area contributed by atoms with E-state index >= 15 is 0 Å². The maximum absolute atomic E-state index is 10.1. The molecule has 1 saturated heterocycles. The second-order valence-electron chi connectivity index (χ2n) is 8.38. The Labute approximate surface area is 187 Å². The highest BCUT2D eigenvalue weighted by atomic mass is 16.3. The maximum atomic E-state index is 10.1. The number of rotatable bonds is 4. The first kappa shape index (κ1) is 20.2. The summed E-state index contributed by atoms with van der Waals surface area (Å²) in [6.45, 7) is 3.87. The number of anilines is 1. The van der Waals surface area contributed by atoms with Crippen molar-refractivity contribution >= 4 is 16.8 Å². The second-order valence-corrected chi connectivity index (χ2v) is 8.38. The van der Waals surface area contributed by atoms with Gasteiger partial charge in [-0.15, -0.1) is 0 Å². The largest absolute Gasteiger partial charge is 0.432 e. The van der Waals surface area contributed by atoms with Gasteiger partial charge in [0, 0.05) is 37.1 Å². The van der Waals surface area contributed by atoms with E-state index in [0.29, 0.717) is 34.3 Å². The standard InChI is InChI=1S/C25H24N6O/c1-16-6-4-5-7-18(16)19-12-22(31-11-8-17(15-31)30(2)3)24-23(20(19)13-26)29-25(32-24)21-14-27-9-10-28-21/h4-7,9-10,12,14,17H,8,11,15H2,1-3H3/t17-/m0/s1. The average Bonchev–Trinajstić information content (AvgIpc) is 3.47. The zero-order valence-corrected chi connectivity index (χ0v) is 18.4. The molecule has 7 nitrogen and oxygen atoms in total. The van der Waals surface area contributed by atoms with E-state index < -0.39 is 0 Å². The number of likely N-dealkylation sites (N-methyl/N-ethyl adjacent to an activating group) is 1. The molecule has 160 valence electrons. The molecule has 1 atom stereocenters. The van der Waals surface area contributed by atoms with Crippen molar-refractivity contribution in [2.24, 2.45) is 0 Å². The van der Waals surface area contributed by atoms with Gasteiger partial charge in [-0.2, -0.15) is 5.26 Å². The first-order valence-corrected chi connectivity index (χ1v) is 10.7. The summed E-state index contributed by atoms with van der Waals surface area (Å²) < 4.78 is 6.24. The van der Waals surface area contributed by atoms with Gasteiger partial charge < -0.3 is 14.2 Å². The van der Waals surface area contributed by atoms with E-state index in [1.165, 1.54) is 0 Å². The fourth-order valence-corrected chi connectivity index (χ4v) is 4.40. The number of aromatic nitrogens is 3. The highest BCUT2D eigenvalue weighted by molar-refractivity contribution is 5.99. The van der Waals surface area contributed by atoms with Gasteiger partial charge in [0.05, 0.1) is 17.4 Å². The van der Waals surface area contributed by atoms with Crippen LogP contribution in [0.4, 0.5) is 5.69 Å². The van der Waals surface area contributed by atoms with Crippen LogP contribution in [-0.4, -0.2) is 53.1 Å². The molecule has 0 spiro atoms. The molecule has 4 aromatic rings. The van der Waals surface area contributed by atoms with E-state index in [9.17, 15) is 5.26 Å². The molecule has 0 bridgehead atoms. The van der Waals surface area contributed by atoms with Gasteiger partial charge in [0.15, 0.2) is 5.58 Å². The number of benzene rings is 2. The molecule has 0 amide bonds. The Morgan fingerprint density at radius 3 is 2.72 bits per heavy atom. The lowest BCUT2D eigenvalue weighted by molar-refractivity contribution is 0.315. The van der Waals surface area contributed by atoms with Gasteiger partial charge in [-0.3, -0.25) is 4.98 Å². The summed E-state index contributed by atoms with van der Waals surface area (Å²) >= 11 is 0. The average molecular weight is 425 g/mol. The van der Waals surface area contributed by atoms with Crippen LogP contribution in [0.2, 0.25) is 0 Å². The summed E-state index contributed by atoms with van der Waals surface area (Å²) in [4.78, 5) is 17.8. The molecular weight excluding hydrogens is 400 g/mol. The molecule has 2 aromatic heterocycles. The Balaban J connectivity index is 1.76.